The van der Waals surface area contributed by atoms with E-state index in [4.69, 9.17) is 0 Å². The summed E-state index contributed by atoms with van der Waals surface area (Å²) in [5.74, 6) is -0.596. The lowest BCUT2D eigenvalue weighted by Gasteiger charge is -2.26. The Labute approximate surface area is 184 Å². The van der Waals surface area contributed by atoms with Gasteiger partial charge >= 0.3 is 0 Å². The first-order chi connectivity index (χ1) is 13.7. The molecule has 4 N–H and O–H groups in total. The van der Waals surface area contributed by atoms with E-state index in [1.807, 2.05) is 20.8 Å². The van der Waals surface area contributed by atoms with Gasteiger partial charge in [0.1, 0.15) is 12.1 Å². The number of aliphatic hydroxyl groups is 2. The minimum Gasteiger partial charge on any atom is -0.390 e. The van der Waals surface area contributed by atoms with Crippen molar-refractivity contribution in [3.63, 3.8) is 0 Å². The molecule has 30 heavy (non-hydrogen) atoms. The van der Waals surface area contributed by atoms with Crippen LogP contribution in [0, 0.1) is 5.41 Å². The van der Waals surface area contributed by atoms with E-state index < -0.39 is 29.1 Å². The molecular formula is C22H39N3O4S. The molecule has 0 aliphatic heterocycles. The number of hydrogen-bond acceptors (Lipinski definition) is 6. The Morgan fingerprint density at radius 3 is 2.33 bits per heavy atom. The average Bonchev–Trinajstić information content (AvgIpc) is 3.07. The van der Waals surface area contributed by atoms with Crippen LogP contribution in [0.15, 0.2) is 6.20 Å². The number of aromatic nitrogens is 1. The number of carbonyl (C=O) groups is 2. The van der Waals surface area contributed by atoms with Crippen LogP contribution in [0.3, 0.4) is 0 Å². The van der Waals surface area contributed by atoms with E-state index in [1.54, 1.807) is 27.0 Å². The number of thiazole rings is 1. The number of nitrogens with zero attached hydrogens (tertiary/aromatic N) is 1. The van der Waals surface area contributed by atoms with E-state index in [0.29, 0.717) is 18.0 Å². The zero-order valence-electron chi connectivity index (χ0n) is 19.4. The highest BCUT2D eigenvalue weighted by atomic mass is 32.1. The third-order valence-corrected chi connectivity index (χ3v) is 6.09. The maximum Gasteiger partial charge on any atom is 0.250 e. The van der Waals surface area contributed by atoms with E-state index >= 15 is 0 Å². The minimum absolute atomic E-state index is 0.281. The first-order valence-corrected chi connectivity index (χ1v) is 11.5. The number of amides is 2. The first kappa shape index (κ1) is 26.5. The number of hydrogen-bond donors (Lipinski definition) is 4. The van der Waals surface area contributed by atoms with Crippen LogP contribution in [0.5, 0.6) is 0 Å². The van der Waals surface area contributed by atoms with E-state index in [9.17, 15) is 19.8 Å². The summed E-state index contributed by atoms with van der Waals surface area (Å²) in [5, 5.41) is 26.0. The number of nitrogens with one attached hydrogen (secondary N) is 2. The maximum absolute atomic E-state index is 12.7. The van der Waals surface area contributed by atoms with Crippen LogP contribution in [0.4, 0.5) is 5.13 Å². The van der Waals surface area contributed by atoms with Crippen LogP contribution < -0.4 is 10.6 Å². The average molecular weight is 442 g/mol. The zero-order valence-corrected chi connectivity index (χ0v) is 20.2. The summed E-state index contributed by atoms with van der Waals surface area (Å²) in [6, 6.07) is -0.726. The second kappa shape index (κ2) is 11.2. The van der Waals surface area contributed by atoms with E-state index in [-0.39, 0.29) is 11.8 Å². The fourth-order valence-corrected chi connectivity index (χ4v) is 3.85. The molecule has 0 spiro atoms. The Morgan fingerprint density at radius 2 is 1.80 bits per heavy atom. The maximum atomic E-state index is 12.7. The van der Waals surface area contributed by atoms with Crippen molar-refractivity contribution in [2.75, 3.05) is 5.32 Å². The molecule has 1 aromatic heterocycles. The summed E-state index contributed by atoms with van der Waals surface area (Å²) < 4.78 is 0. The van der Waals surface area contributed by atoms with Crippen molar-refractivity contribution in [3.05, 3.63) is 11.1 Å². The summed E-state index contributed by atoms with van der Waals surface area (Å²) in [4.78, 5) is 30.4. The van der Waals surface area contributed by atoms with E-state index in [2.05, 4.69) is 22.5 Å². The van der Waals surface area contributed by atoms with Crippen LogP contribution >= 0.6 is 11.3 Å². The Hall–Kier alpha value is -1.51. The molecule has 1 rings (SSSR count). The predicted molar refractivity (Wildman–Crippen MR) is 122 cm³/mol. The normalized spacial score (nSPS) is 15.4. The zero-order chi connectivity index (χ0) is 23.1. The molecule has 7 nitrogen and oxygen atoms in total. The monoisotopic (exact) mass is 441 g/mol. The van der Waals surface area contributed by atoms with Crippen molar-refractivity contribution in [2.24, 2.45) is 5.41 Å². The van der Waals surface area contributed by atoms with Gasteiger partial charge in [-0.05, 0) is 50.9 Å². The molecule has 3 atom stereocenters. The summed E-state index contributed by atoms with van der Waals surface area (Å²) >= 11 is 1.42. The number of carbonyl (C=O) groups excluding carboxylic acids is 2. The number of aliphatic hydroxyl groups excluding tert-OH is 1. The third-order valence-electron chi connectivity index (χ3n) is 4.94. The molecule has 0 saturated carbocycles. The van der Waals surface area contributed by atoms with Gasteiger partial charge in [-0.1, -0.05) is 41.0 Å². The molecule has 0 radical (unpaired) electrons. The van der Waals surface area contributed by atoms with Crippen LogP contribution in [0.2, 0.25) is 0 Å². The third kappa shape index (κ3) is 9.10. The van der Waals surface area contributed by atoms with E-state index in [1.165, 1.54) is 11.3 Å². The molecule has 0 bridgehead atoms. The number of anilines is 1. The molecule has 0 unspecified atom stereocenters. The highest BCUT2D eigenvalue weighted by Gasteiger charge is 2.32. The molecule has 0 fully saturated rings. The molecule has 0 aromatic carbocycles. The van der Waals surface area contributed by atoms with Gasteiger partial charge in [0, 0.05) is 11.1 Å². The molecular weight excluding hydrogens is 402 g/mol. The predicted octanol–water partition coefficient (Wildman–Crippen LogP) is 3.82. The second-order valence-electron chi connectivity index (χ2n) is 9.78. The van der Waals surface area contributed by atoms with Gasteiger partial charge in [-0.2, -0.15) is 0 Å². The second-order valence-corrected chi connectivity index (χ2v) is 10.8. The van der Waals surface area contributed by atoms with Gasteiger partial charge in [0.05, 0.1) is 5.60 Å². The Balaban J connectivity index is 2.69. The van der Waals surface area contributed by atoms with Gasteiger partial charge < -0.3 is 20.8 Å². The fraction of sp³-hybridized carbons (Fsp3) is 0.773. The van der Waals surface area contributed by atoms with Crippen molar-refractivity contribution in [1.29, 1.82) is 0 Å². The van der Waals surface area contributed by atoms with Crippen molar-refractivity contribution in [3.8, 4) is 0 Å². The van der Waals surface area contributed by atoms with Crippen LogP contribution in [0.25, 0.3) is 0 Å². The van der Waals surface area contributed by atoms with Crippen molar-refractivity contribution >= 4 is 28.3 Å². The summed E-state index contributed by atoms with van der Waals surface area (Å²) in [7, 11) is 0. The van der Waals surface area contributed by atoms with Gasteiger partial charge in [-0.25, -0.2) is 4.98 Å². The lowest BCUT2D eigenvalue weighted by molar-refractivity contribution is -0.137. The quantitative estimate of drug-likeness (QED) is 0.417. The molecule has 8 heteroatoms. The first-order valence-electron chi connectivity index (χ1n) is 10.7. The van der Waals surface area contributed by atoms with Crippen molar-refractivity contribution in [1.82, 2.24) is 10.3 Å². The van der Waals surface area contributed by atoms with Gasteiger partial charge in [-0.15, -0.1) is 11.3 Å². The molecule has 0 aliphatic carbocycles. The molecule has 2 amide bonds. The molecule has 0 saturated heterocycles. The van der Waals surface area contributed by atoms with E-state index in [0.717, 1.165) is 24.1 Å². The van der Waals surface area contributed by atoms with Crippen LogP contribution in [-0.4, -0.2) is 44.8 Å². The highest BCUT2D eigenvalue weighted by Crippen LogP contribution is 2.30. The van der Waals surface area contributed by atoms with Gasteiger partial charge in [-0.3, -0.25) is 9.59 Å². The largest absolute Gasteiger partial charge is 0.390 e. The molecule has 172 valence electrons. The molecule has 1 aromatic rings. The van der Waals surface area contributed by atoms with Gasteiger partial charge in [0.25, 0.3) is 0 Å². The Kier molecular flexibility index (Phi) is 9.91. The van der Waals surface area contributed by atoms with Crippen molar-refractivity contribution in [2.45, 2.75) is 104 Å². The fourth-order valence-electron chi connectivity index (χ4n) is 2.95. The SMILES string of the molecule is CCC[C@H](NC(=O)[C@@H](O)C(C)(C)C)C(=O)Nc1ncc([C@@H](C)CCCC(C)(C)O)s1. The summed E-state index contributed by atoms with van der Waals surface area (Å²) in [6.07, 6.45) is 4.33. The van der Waals surface area contributed by atoms with Crippen LogP contribution in [-0.2, 0) is 9.59 Å². The smallest absolute Gasteiger partial charge is 0.250 e. The van der Waals surface area contributed by atoms with Gasteiger partial charge in [0.2, 0.25) is 11.8 Å². The molecule has 0 aliphatic rings. The van der Waals surface area contributed by atoms with Crippen LogP contribution in [0.1, 0.15) is 91.4 Å². The lowest BCUT2D eigenvalue weighted by Crippen LogP contribution is -2.50. The topological polar surface area (TPSA) is 112 Å². The summed E-state index contributed by atoms with van der Waals surface area (Å²) in [6.45, 7) is 13.0. The minimum atomic E-state index is -1.19. The standard InChI is InChI=1S/C22H39N3O4S/c1-8-10-15(24-19(28)17(26)21(3,4)5)18(27)25-20-23-13-16(30-20)14(2)11-9-12-22(6,7)29/h13-15,17,26,29H,8-12H2,1-7H3,(H,24,28)(H,23,25,27)/t14-,15-,17+/m0/s1. The Bertz CT molecular complexity index is 691. The summed E-state index contributed by atoms with van der Waals surface area (Å²) in [5.41, 5.74) is -1.27. The lowest BCUT2D eigenvalue weighted by atomic mass is 9.88. The van der Waals surface area contributed by atoms with Crippen molar-refractivity contribution < 1.29 is 19.8 Å². The number of rotatable bonds is 11. The van der Waals surface area contributed by atoms with Gasteiger partial charge in [0.15, 0.2) is 5.13 Å². The highest BCUT2D eigenvalue weighted by molar-refractivity contribution is 7.15. The Morgan fingerprint density at radius 1 is 1.17 bits per heavy atom. The molecule has 1 heterocycles.